The fourth-order valence-corrected chi connectivity index (χ4v) is 4.62. The van der Waals surface area contributed by atoms with E-state index in [2.05, 4.69) is 15.9 Å². The molecule has 27 heavy (non-hydrogen) atoms. The molecule has 3 nitrogen and oxygen atoms in total. The van der Waals surface area contributed by atoms with E-state index in [0.29, 0.717) is 22.9 Å². The predicted molar refractivity (Wildman–Crippen MR) is 111 cm³/mol. The fourth-order valence-electron chi connectivity index (χ4n) is 3.92. The van der Waals surface area contributed by atoms with E-state index in [9.17, 15) is 9.59 Å². The van der Waals surface area contributed by atoms with Crippen LogP contribution in [0.3, 0.4) is 0 Å². The molecule has 0 spiro atoms. The van der Waals surface area contributed by atoms with E-state index in [1.807, 2.05) is 30.3 Å². The lowest BCUT2D eigenvalue weighted by Crippen LogP contribution is -2.40. The number of amides is 1. The van der Waals surface area contributed by atoms with Crippen molar-refractivity contribution in [3.63, 3.8) is 0 Å². The summed E-state index contributed by atoms with van der Waals surface area (Å²) in [4.78, 5) is 27.7. The minimum absolute atomic E-state index is 0.0161. The molecule has 1 aliphatic heterocycles. The van der Waals surface area contributed by atoms with Gasteiger partial charge in [0.15, 0.2) is 5.78 Å². The summed E-state index contributed by atoms with van der Waals surface area (Å²) in [5.41, 5.74) is 3.19. The van der Waals surface area contributed by atoms with E-state index in [1.54, 1.807) is 17.0 Å². The molecule has 1 amide bonds. The molecular weight excluding hydrogens is 449 g/mol. The molecule has 1 heterocycles. The van der Waals surface area contributed by atoms with Crippen LogP contribution in [0.15, 0.2) is 58.2 Å². The molecule has 0 bridgehead atoms. The molecule has 1 aliphatic carbocycles. The number of hydrogen-bond acceptors (Lipinski definition) is 2. The maximum atomic E-state index is 13.1. The lowest BCUT2D eigenvalue weighted by Gasteiger charge is -2.38. The Morgan fingerprint density at radius 1 is 1.00 bits per heavy atom. The highest BCUT2D eigenvalue weighted by Gasteiger charge is 2.39. The second kappa shape index (κ2) is 7.42. The van der Waals surface area contributed by atoms with Crippen molar-refractivity contribution in [2.24, 2.45) is 0 Å². The summed E-state index contributed by atoms with van der Waals surface area (Å²) in [6, 6.07) is 12.9. The first-order valence-electron chi connectivity index (χ1n) is 8.75. The van der Waals surface area contributed by atoms with Gasteiger partial charge in [0.1, 0.15) is 0 Å². The molecule has 2 aliphatic rings. The van der Waals surface area contributed by atoms with Gasteiger partial charge in [-0.25, -0.2) is 0 Å². The third-order valence-electron chi connectivity index (χ3n) is 5.09. The van der Waals surface area contributed by atoms with Crippen molar-refractivity contribution in [2.45, 2.75) is 31.6 Å². The Bertz CT molecular complexity index is 986. The number of benzene rings is 2. The van der Waals surface area contributed by atoms with Gasteiger partial charge in [0.05, 0.1) is 10.0 Å². The summed E-state index contributed by atoms with van der Waals surface area (Å²) in [5.74, 6) is -0.184. The molecule has 1 unspecified atom stereocenters. The van der Waals surface area contributed by atoms with Crippen LogP contribution in [-0.2, 0) is 9.59 Å². The summed E-state index contributed by atoms with van der Waals surface area (Å²) >= 11 is 15.7. The molecule has 1 atom stereocenters. The van der Waals surface area contributed by atoms with Crippen LogP contribution < -0.4 is 4.90 Å². The predicted octanol–water partition coefficient (Wildman–Crippen LogP) is 6.28. The first kappa shape index (κ1) is 18.7. The number of halogens is 3. The second-order valence-corrected chi connectivity index (χ2v) is 8.51. The van der Waals surface area contributed by atoms with Gasteiger partial charge in [-0.2, -0.15) is 0 Å². The van der Waals surface area contributed by atoms with Crippen molar-refractivity contribution in [1.29, 1.82) is 0 Å². The molecule has 4 rings (SSSR count). The van der Waals surface area contributed by atoms with Crippen LogP contribution in [0.5, 0.6) is 0 Å². The standard InChI is InChI=1S/C21H16BrCl2NO2/c22-13-3-1-4-14(10-13)25-18-5-2-6-19(26)21(18)15(11-20(25)27)12-7-8-16(23)17(24)9-12/h1,3-4,7-10,15H,2,5-6,11H2. The van der Waals surface area contributed by atoms with Gasteiger partial charge in [-0.05, 0) is 48.7 Å². The normalized spacial score (nSPS) is 20.1. The van der Waals surface area contributed by atoms with Crippen molar-refractivity contribution in [2.75, 3.05) is 4.90 Å². The Kier molecular flexibility index (Phi) is 5.15. The molecule has 2 aromatic rings. The number of carbonyl (C=O) groups is 2. The van der Waals surface area contributed by atoms with E-state index in [-0.39, 0.29) is 24.0 Å². The summed E-state index contributed by atoms with van der Waals surface area (Å²) in [6.07, 6.45) is 2.20. The minimum Gasteiger partial charge on any atom is -0.294 e. The van der Waals surface area contributed by atoms with Gasteiger partial charge in [-0.3, -0.25) is 14.5 Å². The van der Waals surface area contributed by atoms with Crippen molar-refractivity contribution in [3.05, 3.63) is 73.8 Å². The molecule has 0 saturated heterocycles. The Labute approximate surface area is 176 Å². The van der Waals surface area contributed by atoms with Crippen LogP contribution in [0.1, 0.15) is 37.2 Å². The highest BCUT2D eigenvalue weighted by Crippen LogP contribution is 2.44. The minimum atomic E-state index is -0.279. The smallest absolute Gasteiger partial charge is 0.232 e. The second-order valence-electron chi connectivity index (χ2n) is 6.78. The summed E-state index contributed by atoms with van der Waals surface area (Å²) in [6.45, 7) is 0. The average Bonchev–Trinajstić information content (AvgIpc) is 2.63. The lowest BCUT2D eigenvalue weighted by molar-refractivity contribution is -0.119. The van der Waals surface area contributed by atoms with Crippen molar-refractivity contribution >= 4 is 56.5 Å². The number of rotatable bonds is 2. The molecule has 0 radical (unpaired) electrons. The van der Waals surface area contributed by atoms with Crippen molar-refractivity contribution < 1.29 is 9.59 Å². The van der Waals surface area contributed by atoms with Gasteiger partial charge in [0, 0.05) is 40.2 Å². The van der Waals surface area contributed by atoms with E-state index < -0.39 is 0 Å². The zero-order chi connectivity index (χ0) is 19.1. The number of hydrogen-bond donors (Lipinski definition) is 0. The van der Waals surface area contributed by atoms with Crippen molar-refractivity contribution in [3.8, 4) is 0 Å². The van der Waals surface area contributed by atoms with E-state index >= 15 is 0 Å². The number of Topliss-reactive ketones (excluding diaryl/α,β-unsaturated/α-hetero) is 1. The lowest BCUT2D eigenvalue weighted by atomic mass is 9.77. The van der Waals surface area contributed by atoms with Crippen LogP contribution in [0, 0.1) is 0 Å². The van der Waals surface area contributed by atoms with Gasteiger partial charge >= 0.3 is 0 Å². The van der Waals surface area contributed by atoms with E-state index in [1.165, 1.54) is 0 Å². The Balaban J connectivity index is 1.86. The number of carbonyl (C=O) groups excluding carboxylic acids is 2. The highest BCUT2D eigenvalue weighted by molar-refractivity contribution is 9.10. The third-order valence-corrected chi connectivity index (χ3v) is 6.32. The van der Waals surface area contributed by atoms with Gasteiger partial charge in [0.25, 0.3) is 0 Å². The van der Waals surface area contributed by atoms with Crippen LogP contribution in [0.25, 0.3) is 0 Å². The van der Waals surface area contributed by atoms with Gasteiger partial charge in [-0.15, -0.1) is 0 Å². The third kappa shape index (κ3) is 3.46. The average molecular weight is 465 g/mol. The zero-order valence-corrected chi connectivity index (χ0v) is 17.4. The van der Waals surface area contributed by atoms with Crippen LogP contribution in [0.2, 0.25) is 10.0 Å². The molecule has 2 aromatic carbocycles. The summed E-state index contributed by atoms with van der Waals surface area (Å²) in [5, 5.41) is 0.893. The number of ketones is 1. The van der Waals surface area contributed by atoms with E-state index in [4.69, 9.17) is 23.2 Å². The monoisotopic (exact) mass is 463 g/mol. The molecule has 0 aromatic heterocycles. The molecule has 0 fully saturated rings. The maximum Gasteiger partial charge on any atom is 0.232 e. The number of anilines is 1. The van der Waals surface area contributed by atoms with Gasteiger partial charge in [-0.1, -0.05) is 51.3 Å². The fraction of sp³-hybridized carbons (Fsp3) is 0.238. The Morgan fingerprint density at radius 2 is 1.81 bits per heavy atom. The van der Waals surface area contributed by atoms with Crippen LogP contribution in [0.4, 0.5) is 5.69 Å². The first-order chi connectivity index (χ1) is 13.0. The molecule has 138 valence electrons. The number of allylic oxidation sites excluding steroid dienone is 2. The summed E-state index contributed by atoms with van der Waals surface area (Å²) in [7, 11) is 0. The van der Waals surface area contributed by atoms with Crippen molar-refractivity contribution in [1.82, 2.24) is 0 Å². The molecular formula is C21H16BrCl2NO2. The Morgan fingerprint density at radius 3 is 2.56 bits per heavy atom. The number of nitrogens with zero attached hydrogens (tertiary/aromatic N) is 1. The molecule has 0 N–H and O–H groups in total. The molecule has 0 saturated carbocycles. The largest absolute Gasteiger partial charge is 0.294 e. The van der Waals surface area contributed by atoms with Gasteiger partial charge < -0.3 is 0 Å². The van der Waals surface area contributed by atoms with E-state index in [0.717, 1.165) is 33.4 Å². The summed E-state index contributed by atoms with van der Waals surface area (Å²) < 4.78 is 0.892. The topological polar surface area (TPSA) is 37.4 Å². The van der Waals surface area contributed by atoms with Gasteiger partial charge in [0.2, 0.25) is 5.91 Å². The zero-order valence-electron chi connectivity index (χ0n) is 14.3. The van der Waals surface area contributed by atoms with Crippen LogP contribution in [-0.4, -0.2) is 11.7 Å². The SMILES string of the molecule is O=C1CCCC2=C1C(c1ccc(Cl)c(Cl)c1)CC(=O)N2c1cccc(Br)c1. The highest BCUT2D eigenvalue weighted by atomic mass is 79.9. The Hall–Kier alpha value is -1.62. The van der Waals surface area contributed by atoms with Crippen LogP contribution >= 0.6 is 39.1 Å². The maximum absolute atomic E-state index is 13.1. The molecule has 6 heteroatoms. The quantitative estimate of drug-likeness (QED) is 0.524. The first-order valence-corrected chi connectivity index (χ1v) is 10.3.